The summed E-state index contributed by atoms with van der Waals surface area (Å²) in [5.41, 5.74) is 2.97. The Kier molecular flexibility index (Phi) is 4.53. The summed E-state index contributed by atoms with van der Waals surface area (Å²) >= 11 is 1.53. The number of aryl methyl sites for hydroxylation is 2. The molecule has 1 heterocycles. The molecule has 0 fully saturated rings. The van der Waals surface area contributed by atoms with Gasteiger partial charge in [-0.1, -0.05) is 42.1 Å². The first kappa shape index (κ1) is 13.6. The Morgan fingerprint density at radius 1 is 1.16 bits per heavy atom. The molecule has 1 aromatic heterocycles. The molecule has 4 heteroatoms. The average molecular weight is 269 g/mol. The van der Waals surface area contributed by atoms with Gasteiger partial charge in [0.25, 0.3) is 0 Å². The molecule has 0 aliphatic carbocycles. The molecule has 0 spiro atoms. The Labute approximate surface area is 117 Å². The van der Waals surface area contributed by atoms with Gasteiger partial charge >= 0.3 is 0 Å². The van der Waals surface area contributed by atoms with Gasteiger partial charge in [-0.25, -0.2) is 9.97 Å². The van der Waals surface area contributed by atoms with Crippen LogP contribution in [0.1, 0.15) is 22.9 Å². The summed E-state index contributed by atoms with van der Waals surface area (Å²) in [5, 5.41) is 10.0. The highest BCUT2D eigenvalue weighted by molar-refractivity contribution is 7.99. The Hall–Kier alpha value is -1.86. The predicted molar refractivity (Wildman–Crippen MR) is 77.0 cm³/mol. The second-order valence-electron chi connectivity index (χ2n) is 4.34. The Morgan fingerprint density at radius 2 is 1.79 bits per heavy atom. The van der Waals surface area contributed by atoms with Gasteiger partial charge in [0.15, 0.2) is 5.16 Å². The second-order valence-corrected chi connectivity index (χ2v) is 5.32. The number of thioether (sulfide) groups is 1. The molecular weight excluding hydrogens is 254 g/mol. The molecule has 0 N–H and O–H groups in total. The molecule has 2 aromatic rings. The monoisotopic (exact) mass is 269 g/mol. The van der Waals surface area contributed by atoms with E-state index in [4.69, 9.17) is 0 Å². The Bertz CT molecular complexity index is 570. The summed E-state index contributed by atoms with van der Waals surface area (Å²) in [6.45, 7) is 3.91. The highest BCUT2D eigenvalue weighted by Gasteiger charge is 2.12. The average Bonchev–Trinajstić information content (AvgIpc) is 2.39. The zero-order valence-electron chi connectivity index (χ0n) is 11.0. The summed E-state index contributed by atoms with van der Waals surface area (Å²) in [7, 11) is 0. The van der Waals surface area contributed by atoms with Crippen molar-refractivity contribution >= 4 is 11.8 Å². The van der Waals surface area contributed by atoms with Crippen LogP contribution in [0.2, 0.25) is 0 Å². The number of nitrogens with zero attached hydrogens (tertiary/aromatic N) is 3. The highest BCUT2D eigenvalue weighted by atomic mass is 32.2. The van der Waals surface area contributed by atoms with Crippen LogP contribution in [0.3, 0.4) is 0 Å². The van der Waals surface area contributed by atoms with Crippen molar-refractivity contribution in [2.45, 2.75) is 24.9 Å². The molecule has 1 aromatic carbocycles. The molecule has 0 aliphatic rings. The molecule has 0 saturated heterocycles. The third-order valence-electron chi connectivity index (χ3n) is 2.70. The van der Waals surface area contributed by atoms with Gasteiger partial charge in [0.05, 0.1) is 12.0 Å². The zero-order valence-corrected chi connectivity index (χ0v) is 11.8. The van der Waals surface area contributed by atoms with E-state index < -0.39 is 0 Å². The van der Waals surface area contributed by atoms with Crippen molar-refractivity contribution in [2.75, 3.05) is 5.75 Å². The van der Waals surface area contributed by atoms with Crippen LogP contribution in [-0.2, 0) is 0 Å². The third-order valence-corrected chi connectivity index (χ3v) is 3.64. The van der Waals surface area contributed by atoms with Gasteiger partial charge in [0.1, 0.15) is 0 Å². The lowest BCUT2D eigenvalue weighted by Gasteiger charge is -2.08. The number of aromatic nitrogens is 2. The summed E-state index contributed by atoms with van der Waals surface area (Å²) in [5.74, 6) is 0.541. The van der Waals surface area contributed by atoms with Crippen molar-refractivity contribution in [1.82, 2.24) is 9.97 Å². The standard InChI is InChI=1S/C15H15N3S/c1-11-8-12(2)18-15(17-11)19-10-14(9-16)13-6-4-3-5-7-13/h3-8,14H,10H2,1-2H3. The van der Waals surface area contributed by atoms with Crippen LogP contribution in [0.15, 0.2) is 41.6 Å². The quantitative estimate of drug-likeness (QED) is 0.629. The van der Waals surface area contributed by atoms with E-state index in [2.05, 4.69) is 16.0 Å². The summed E-state index contributed by atoms with van der Waals surface area (Å²) in [4.78, 5) is 8.75. The molecule has 0 radical (unpaired) electrons. The number of hydrogen-bond donors (Lipinski definition) is 0. The molecular formula is C15H15N3S. The molecule has 0 saturated carbocycles. The van der Waals surface area contributed by atoms with Crippen LogP contribution in [0.5, 0.6) is 0 Å². The van der Waals surface area contributed by atoms with E-state index in [1.165, 1.54) is 11.8 Å². The van der Waals surface area contributed by atoms with E-state index in [9.17, 15) is 5.26 Å². The van der Waals surface area contributed by atoms with E-state index in [-0.39, 0.29) is 5.92 Å². The molecule has 3 nitrogen and oxygen atoms in total. The van der Waals surface area contributed by atoms with Crippen LogP contribution >= 0.6 is 11.8 Å². The van der Waals surface area contributed by atoms with Crippen molar-refractivity contribution in [3.8, 4) is 6.07 Å². The molecule has 19 heavy (non-hydrogen) atoms. The first-order valence-corrected chi connectivity index (χ1v) is 7.07. The van der Waals surface area contributed by atoms with Crippen LogP contribution in [0.4, 0.5) is 0 Å². The molecule has 0 bridgehead atoms. The van der Waals surface area contributed by atoms with Crippen molar-refractivity contribution in [2.24, 2.45) is 0 Å². The predicted octanol–water partition coefficient (Wildman–Crippen LogP) is 3.49. The zero-order chi connectivity index (χ0) is 13.7. The number of benzene rings is 1. The van der Waals surface area contributed by atoms with Crippen LogP contribution in [-0.4, -0.2) is 15.7 Å². The van der Waals surface area contributed by atoms with Gasteiger partial charge in [-0.2, -0.15) is 5.26 Å². The Morgan fingerprint density at radius 3 is 2.37 bits per heavy atom. The summed E-state index contributed by atoms with van der Waals surface area (Å²) in [6.07, 6.45) is 0. The first-order valence-electron chi connectivity index (χ1n) is 6.08. The minimum Gasteiger partial charge on any atom is -0.228 e. The van der Waals surface area contributed by atoms with Gasteiger partial charge in [-0.05, 0) is 25.5 Å². The number of hydrogen-bond acceptors (Lipinski definition) is 4. The minimum absolute atomic E-state index is 0.129. The largest absolute Gasteiger partial charge is 0.228 e. The minimum atomic E-state index is -0.129. The maximum absolute atomic E-state index is 9.26. The van der Waals surface area contributed by atoms with Crippen LogP contribution in [0, 0.1) is 25.2 Å². The normalized spacial score (nSPS) is 11.8. The molecule has 2 rings (SSSR count). The molecule has 0 amide bonds. The maximum Gasteiger partial charge on any atom is 0.188 e. The van der Waals surface area contributed by atoms with Gasteiger partial charge in [0, 0.05) is 17.1 Å². The SMILES string of the molecule is Cc1cc(C)nc(SCC(C#N)c2ccccc2)n1. The lowest BCUT2D eigenvalue weighted by atomic mass is 10.0. The van der Waals surface area contributed by atoms with E-state index in [0.29, 0.717) is 5.75 Å². The van der Waals surface area contributed by atoms with E-state index in [1.54, 1.807) is 0 Å². The highest BCUT2D eigenvalue weighted by Crippen LogP contribution is 2.24. The molecule has 1 atom stereocenters. The van der Waals surface area contributed by atoms with Gasteiger partial charge < -0.3 is 0 Å². The summed E-state index contributed by atoms with van der Waals surface area (Å²) < 4.78 is 0. The van der Waals surface area contributed by atoms with Gasteiger partial charge in [-0.15, -0.1) is 0 Å². The fraction of sp³-hybridized carbons (Fsp3) is 0.267. The molecule has 0 aliphatic heterocycles. The summed E-state index contributed by atoms with van der Waals surface area (Å²) in [6, 6.07) is 14.1. The van der Waals surface area contributed by atoms with Gasteiger partial charge in [-0.3, -0.25) is 0 Å². The molecule has 1 unspecified atom stereocenters. The fourth-order valence-electron chi connectivity index (χ4n) is 1.81. The first-order chi connectivity index (χ1) is 9.19. The van der Waals surface area contributed by atoms with E-state index in [1.807, 2.05) is 50.2 Å². The molecule has 96 valence electrons. The van der Waals surface area contributed by atoms with Gasteiger partial charge in [0.2, 0.25) is 0 Å². The number of rotatable bonds is 4. The lowest BCUT2D eigenvalue weighted by Crippen LogP contribution is -2.01. The Balaban J connectivity index is 2.07. The topological polar surface area (TPSA) is 49.6 Å². The van der Waals surface area contributed by atoms with Crippen molar-refractivity contribution in [3.05, 3.63) is 53.3 Å². The van der Waals surface area contributed by atoms with Crippen LogP contribution in [0.25, 0.3) is 0 Å². The van der Waals surface area contributed by atoms with Crippen molar-refractivity contribution in [3.63, 3.8) is 0 Å². The maximum atomic E-state index is 9.26. The van der Waals surface area contributed by atoms with Crippen molar-refractivity contribution in [1.29, 1.82) is 5.26 Å². The second kappa shape index (κ2) is 6.35. The fourth-order valence-corrected chi connectivity index (χ4v) is 2.81. The third kappa shape index (κ3) is 3.80. The van der Waals surface area contributed by atoms with Crippen LogP contribution < -0.4 is 0 Å². The van der Waals surface area contributed by atoms with E-state index in [0.717, 1.165) is 22.1 Å². The smallest absolute Gasteiger partial charge is 0.188 e. The van der Waals surface area contributed by atoms with Crippen molar-refractivity contribution < 1.29 is 0 Å². The van der Waals surface area contributed by atoms with E-state index >= 15 is 0 Å². The lowest BCUT2D eigenvalue weighted by molar-refractivity contribution is 0.895. The number of nitriles is 1.